The zero-order valence-corrected chi connectivity index (χ0v) is 19.0. The van der Waals surface area contributed by atoms with Gasteiger partial charge >= 0.3 is 12.1 Å². The highest BCUT2D eigenvalue weighted by Crippen LogP contribution is 2.34. The van der Waals surface area contributed by atoms with Crippen molar-refractivity contribution in [3.05, 3.63) is 53.7 Å². The van der Waals surface area contributed by atoms with E-state index in [9.17, 15) is 20.0 Å². The number of hydrogen-bond donors (Lipinski definition) is 1. The number of ether oxygens (including phenoxy) is 2. The van der Waals surface area contributed by atoms with Gasteiger partial charge in [0.2, 0.25) is 0 Å². The summed E-state index contributed by atoms with van der Waals surface area (Å²) in [6.07, 6.45) is 1.02. The molecule has 0 aliphatic heterocycles. The van der Waals surface area contributed by atoms with Crippen LogP contribution >= 0.6 is 0 Å². The van der Waals surface area contributed by atoms with Crippen molar-refractivity contribution in [3.63, 3.8) is 0 Å². The average molecular weight is 434 g/mol. The molecule has 7 heteroatoms. The van der Waals surface area contributed by atoms with Crippen LogP contribution in [0.25, 0.3) is 22.0 Å². The van der Waals surface area contributed by atoms with Crippen LogP contribution in [0.2, 0.25) is 0 Å². The zero-order valence-electron chi connectivity index (χ0n) is 19.0. The molecule has 3 rings (SSSR count). The number of benzene rings is 2. The Balaban J connectivity index is 2.15. The number of nitriles is 1. The highest BCUT2D eigenvalue weighted by Gasteiger charge is 2.23. The Morgan fingerprint density at radius 3 is 2.19 bits per heavy atom. The maximum Gasteiger partial charge on any atom is 0.419 e. The predicted octanol–water partition coefficient (Wildman–Crippen LogP) is 5.62. The van der Waals surface area contributed by atoms with Gasteiger partial charge in [-0.3, -0.25) is 4.57 Å². The first-order valence-corrected chi connectivity index (χ1v) is 10.1. The lowest BCUT2D eigenvalue weighted by molar-refractivity contribution is 0.00665. The van der Waals surface area contributed by atoms with E-state index in [-0.39, 0.29) is 11.3 Å². The predicted molar refractivity (Wildman–Crippen MR) is 121 cm³/mol. The van der Waals surface area contributed by atoms with Gasteiger partial charge in [0.1, 0.15) is 22.5 Å². The molecule has 0 aliphatic carbocycles. The van der Waals surface area contributed by atoms with Crippen LogP contribution in [-0.2, 0) is 9.47 Å². The Labute approximate surface area is 186 Å². The number of nitrogens with zero attached hydrogens (tertiary/aromatic N) is 2. The molecule has 1 aromatic heterocycles. The Morgan fingerprint density at radius 1 is 0.969 bits per heavy atom. The van der Waals surface area contributed by atoms with Crippen molar-refractivity contribution in [2.45, 2.75) is 52.7 Å². The standard InChI is InChI=1S/C25H26N2O5/c1-24(2,3)31-22(29)18-8-7-16(13-20(18)28)19-12-15(14-26)11-17-9-10-27(21(17)19)23(30)32-25(4,5)6/h7-13,28H,1-6H3. The topological polar surface area (TPSA) is 102 Å². The Kier molecular flexibility index (Phi) is 5.75. The number of carbonyl (C=O) groups is 2. The van der Waals surface area contributed by atoms with Gasteiger partial charge in [-0.1, -0.05) is 6.07 Å². The van der Waals surface area contributed by atoms with Gasteiger partial charge in [-0.05, 0) is 77.4 Å². The monoisotopic (exact) mass is 434 g/mol. The summed E-state index contributed by atoms with van der Waals surface area (Å²) in [5, 5.41) is 20.7. The van der Waals surface area contributed by atoms with Crippen LogP contribution in [0.15, 0.2) is 42.6 Å². The molecule has 0 amide bonds. The lowest BCUT2D eigenvalue weighted by atomic mass is 9.98. The number of esters is 1. The zero-order chi connectivity index (χ0) is 23.8. The highest BCUT2D eigenvalue weighted by atomic mass is 16.6. The van der Waals surface area contributed by atoms with Crippen LogP contribution < -0.4 is 0 Å². The molecule has 1 heterocycles. The second-order valence-electron chi connectivity index (χ2n) is 9.47. The van der Waals surface area contributed by atoms with Crippen LogP contribution in [0.3, 0.4) is 0 Å². The fourth-order valence-electron chi connectivity index (χ4n) is 3.23. The molecule has 0 radical (unpaired) electrons. The molecule has 0 atom stereocenters. The third-order valence-corrected chi connectivity index (χ3v) is 4.43. The van der Waals surface area contributed by atoms with E-state index in [0.717, 1.165) is 0 Å². The summed E-state index contributed by atoms with van der Waals surface area (Å²) < 4.78 is 12.2. The van der Waals surface area contributed by atoms with Crippen LogP contribution in [0.4, 0.5) is 4.79 Å². The first kappa shape index (κ1) is 22.9. The molecule has 0 spiro atoms. The molecule has 166 valence electrons. The van der Waals surface area contributed by atoms with Crippen LogP contribution in [0, 0.1) is 11.3 Å². The second-order valence-corrected chi connectivity index (χ2v) is 9.47. The first-order valence-electron chi connectivity index (χ1n) is 10.1. The van der Waals surface area contributed by atoms with Gasteiger partial charge in [-0.2, -0.15) is 5.26 Å². The van der Waals surface area contributed by atoms with Crippen molar-refractivity contribution in [1.29, 1.82) is 5.26 Å². The minimum absolute atomic E-state index is 0.0267. The minimum atomic E-state index is -0.705. The van der Waals surface area contributed by atoms with Crippen LogP contribution in [0.5, 0.6) is 5.75 Å². The lowest BCUT2D eigenvalue weighted by Gasteiger charge is -2.20. The van der Waals surface area contributed by atoms with Crippen molar-refractivity contribution in [2.24, 2.45) is 0 Å². The SMILES string of the molecule is CC(C)(C)OC(=O)c1ccc(-c2cc(C#N)cc3ccn(C(=O)OC(C)(C)C)c23)cc1O. The summed E-state index contributed by atoms with van der Waals surface area (Å²) in [5.41, 5.74) is 0.630. The summed E-state index contributed by atoms with van der Waals surface area (Å²) in [4.78, 5) is 25.2. The summed E-state index contributed by atoms with van der Waals surface area (Å²) in [7, 11) is 0. The Bertz CT molecular complexity index is 1250. The molecule has 2 aromatic carbocycles. The Morgan fingerprint density at radius 2 is 1.62 bits per heavy atom. The summed E-state index contributed by atoms with van der Waals surface area (Å²) in [6.45, 7) is 10.6. The van der Waals surface area contributed by atoms with Crippen molar-refractivity contribution >= 4 is 23.0 Å². The molecule has 7 nitrogen and oxygen atoms in total. The van der Waals surface area contributed by atoms with E-state index in [2.05, 4.69) is 6.07 Å². The van der Waals surface area contributed by atoms with Crippen molar-refractivity contribution in [2.75, 3.05) is 0 Å². The van der Waals surface area contributed by atoms with Gasteiger partial charge < -0.3 is 14.6 Å². The van der Waals surface area contributed by atoms with Crippen LogP contribution in [-0.4, -0.2) is 32.9 Å². The van der Waals surface area contributed by atoms with Gasteiger partial charge in [-0.25, -0.2) is 9.59 Å². The molecule has 0 fully saturated rings. The van der Waals surface area contributed by atoms with Gasteiger partial charge in [-0.15, -0.1) is 0 Å². The van der Waals surface area contributed by atoms with E-state index in [1.807, 2.05) is 0 Å². The molecule has 0 saturated heterocycles. The number of carbonyl (C=O) groups excluding carboxylic acids is 2. The number of fused-ring (bicyclic) bond motifs is 1. The lowest BCUT2D eigenvalue weighted by Crippen LogP contribution is -2.26. The molecule has 0 saturated carbocycles. The molecule has 1 N–H and O–H groups in total. The quantitative estimate of drug-likeness (QED) is 0.525. The van der Waals surface area contributed by atoms with Gasteiger partial charge in [0.25, 0.3) is 0 Å². The maximum absolute atomic E-state index is 12.8. The smallest absolute Gasteiger partial charge is 0.419 e. The van der Waals surface area contributed by atoms with Gasteiger partial charge in [0.15, 0.2) is 0 Å². The molecule has 3 aromatic rings. The molecule has 0 bridgehead atoms. The van der Waals surface area contributed by atoms with E-state index in [1.165, 1.54) is 16.7 Å². The highest BCUT2D eigenvalue weighted by molar-refractivity contribution is 6.01. The molecule has 32 heavy (non-hydrogen) atoms. The molecular formula is C25H26N2O5. The molecule has 0 unspecified atom stereocenters. The summed E-state index contributed by atoms with van der Waals surface area (Å²) >= 11 is 0. The largest absolute Gasteiger partial charge is 0.507 e. The van der Waals surface area contributed by atoms with E-state index < -0.39 is 23.3 Å². The van der Waals surface area contributed by atoms with Gasteiger partial charge in [0.05, 0.1) is 17.1 Å². The fraction of sp³-hybridized carbons (Fsp3) is 0.320. The minimum Gasteiger partial charge on any atom is -0.507 e. The number of rotatable bonds is 2. The number of phenolic OH excluding ortho intramolecular Hbond substituents is 1. The molecule has 0 aliphatic rings. The Hall–Kier alpha value is -3.79. The maximum atomic E-state index is 12.8. The number of aromatic hydroxyl groups is 1. The third-order valence-electron chi connectivity index (χ3n) is 4.43. The molecular weight excluding hydrogens is 408 g/mol. The van der Waals surface area contributed by atoms with Crippen molar-refractivity contribution < 1.29 is 24.2 Å². The van der Waals surface area contributed by atoms with Gasteiger partial charge in [0, 0.05) is 17.1 Å². The number of phenols is 1. The van der Waals surface area contributed by atoms with Crippen LogP contribution in [0.1, 0.15) is 57.5 Å². The van der Waals surface area contributed by atoms with E-state index >= 15 is 0 Å². The van der Waals surface area contributed by atoms with Crippen molar-refractivity contribution in [1.82, 2.24) is 4.57 Å². The van der Waals surface area contributed by atoms with E-state index in [4.69, 9.17) is 9.47 Å². The second kappa shape index (κ2) is 8.04. The summed E-state index contributed by atoms with van der Waals surface area (Å²) in [5.74, 6) is -0.905. The average Bonchev–Trinajstić information content (AvgIpc) is 3.08. The third kappa shape index (κ3) is 4.92. The number of aromatic nitrogens is 1. The fourth-order valence-corrected chi connectivity index (χ4v) is 3.23. The van der Waals surface area contributed by atoms with E-state index in [0.29, 0.717) is 27.6 Å². The van der Waals surface area contributed by atoms with E-state index in [1.54, 1.807) is 72.0 Å². The van der Waals surface area contributed by atoms with Crippen molar-refractivity contribution in [3.8, 4) is 22.9 Å². The summed E-state index contributed by atoms with van der Waals surface area (Å²) in [6, 6.07) is 11.7. The normalized spacial score (nSPS) is 11.8. The first-order chi connectivity index (χ1) is 14.8. The number of hydrogen-bond acceptors (Lipinski definition) is 6.